The van der Waals surface area contributed by atoms with E-state index in [-0.39, 0.29) is 5.75 Å². The molecule has 0 bridgehead atoms. The largest absolute Gasteiger partial charge is 0.215 e. The molecule has 0 saturated heterocycles. The van der Waals surface area contributed by atoms with E-state index >= 15 is 0 Å². The number of sulfonamides is 1. The van der Waals surface area contributed by atoms with Crippen LogP contribution in [0.3, 0.4) is 0 Å². The van der Waals surface area contributed by atoms with Gasteiger partial charge in [-0.15, -0.1) is 0 Å². The third kappa shape index (κ3) is 5.52. The van der Waals surface area contributed by atoms with Gasteiger partial charge in [0.25, 0.3) is 0 Å². The molecule has 0 fully saturated rings. The number of nitrogens with one attached hydrogen (secondary N) is 1. The van der Waals surface area contributed by atoms with Crippen LogP contribution in [0.15, 0.2) is 24.3 Å². The molecule has 0 aliphatic carbocycles. The molecule has 0 atom stereocenters. The van der Waals surface area contributed by atoms with E-state index < -0.39 is 10.0 Å². The minimum absolute atomic E-state index is 0.136. The SMILES string of the molecule is CCS(=O)(=O)NCCCCc1ccccc1Cl. The van der Waals surface area contributed by atoms with Gasteiger partial charge in [0.15, 0.2) is 0 Å². The summed E-state index contributed by atoms with van der Waals surface area (Å²) in [6.45, 7) is 2.13. The average molecular weight is 276 g/mol. The van der Waals surface area contributed by atoms with Crippen LogP contribution in [0, 0.1) is 0 Å². The standard InChI is InChI=1S/C12H18ClNO2S/c1-2-17(15,16)14-10-6-5-8-11-7-3-4-9-12(11)13/h3-4,7,9,14H,2,5-6,8,10H2,1H3. The lowest BCUT2D eigenvalue weighted by Gasteiger charge is -2.05. The molecular formula is C12H18ClNO2S. The minimum Gasteiger partial charge on any atom is -0.215 e. The van der Waals surface area contributed by atoms with Gasteiger partial charge in [-0.3, -0.25) is 0 Å². The van der Waals surface area contributed by atoms with Crippen LogP contribution in [-0.2, 0) is 16.4 Å². The number of aryl methyl sites for hydroxylation is 1. The van der Waals surface area contributed by atoms with Crippen molar-refractivity contribution in [1.82, 2.24) is 4.72 Å². The average Bonchev–Trinajstić information content (AvgIpc) is 2.31. The molecule has 96 valence electrons. The van der Waals surface area contributed by atoms with Crippen molar-refractivity contribution in [2.45, 2.75) is 26.2 Å². The Morgan fingerprint density at radius 1 is 1.24 bits per heavy atom. The molecule has 0 aliphatic heterocycles. The first-order chi connectivity index (χ1) is 8.05. The van der Waals surface area contributed by atoms with Gasteiger partial charge in [-0.25, -0.2) is 13.1 Å². The Hall–Kier alpha value is -0.580. The zero-order valence-electron chi connectivity index (χ0n) is 9.95. The zero-order valence-corrected chi connectivity index (χ0v) is 11.5. The molecule has 0 unspecified atom stereocenters. The summed E-state index contributed by atoms with van der Waals surface area (Å²) in [4.78, 5) is 0. The first kappa shape index (κ1) is 14.5. The van der Waals surface area contributed by atoms with Crippen molar-refractivity contribution in [1.29, 1.82) is 0 Å². The number of hydrogen-bond donors (Lipinski definition) is 1. The van der Waals surface area contributed by atoms with E-state index in [4.69, 9.17) is 11.6 Å². The molecule has 1 aromatic rings. The highest BCUT2D eigenvalue weighted by molar-refractivity contribution is 7.89. The monoisotopic (exact) mass is 275 g/mol. The third-order valence-electron chi connectivity index (χ3n) is 2.53. The molecule has 0 saturated carbocycles. The van der Waals surface area contributed by atoms with Gasteiger partial charge in [-0.05, 0) is 37.8 Å². The summed E-state index contributed by atoms with van der Waals surface area (Å²) in [7, 11) is -3.05. The van der Waals surface area contributed by atoms with E-state index in [0.29, 0.717) is 6.54 Å². The Morgan fingerprint density at radius 2 is 1.94 bits per heavy atom. The zero-order chi connectivity index (χ0) is 12.7. The molecule has 0 spiro atoms. The maximum absolute atomic E-state index is 11.2. The number of unbranched alkanes of at least 4 members (excludes halogenated alkanes) is 1. The second-order valence-corrected chi connectivity index (χ2v) is 6.35. The van der Waals surface area contributed by atoms with Crippen LogP contribution in [0.5, 0.6) is 0 Å². The van der Waals surface area contributed by atoms with Gasteiger partial charge in [0, 0.05) is 11.6 Å². The number of rotatable bonds is 7. The Balaban J connectivity index is 2.24. The van der Waals surface area contributed by atoms with Gasteiger partial charge in [0.2, 0.25) is 10.0 Å². The molecule has 0 heterocycles. The highest BCUT2D eigenvalue weighted by Crippen LogP contribution is 2.16. The van der Waals surface area contributed by atoms with Crippen LogP contribution >= 0.6 is 11.6 Å². The van der Waals surface area contributed by atoms with E-state index in [1.165, 1.54) is 0 Å². The van der Waals surface area contributed by atoms with E-state index in [9.17, 15) is 8.42 Å². The highest BCUT2D eigenvalue weighted by atomic mass is 35.5. The molecule has 0 aromatic heterocycles. The topological polar surface area (TPSA) is 46.2 Å². The normalized spacial score (nSPS) is 11.6. The summed E-state index contributed by atoms with van der Waals surface area (Å²) in [5.41, 5.74) is 1.12. The van der Waals surface area contributed by atoms with Gasteiger partial charge in [-0.1, -0.05) is 29.8 Å². The highest BCUT2D eigenvalue weighted by Gasteiger charge is 2.04. The fourth-order valence-electron chi connectivity index (χ4n) is 1.47. The maximum atomic E-state index is 11.2. The van der Waals surface area contributed by atoms with Crippen LogP contribution in [0.2, 0.25) is 5.02 Å². The van der Waals surface area contributed by atoms with Crippen LogP contribution in [0.4, 0.5) is 0 Å². The fourth-order valence-corrected chi connectivity index (χ4v) is 2.36. The van der Waals surface area contributed by atoms with Crippen LogP contribution < -0.4 is 4.72 Å². The lowest BCUT2D eigenvalue weighted by atomic mass is 10.1. The van der Waals surface area contributed by atoms with Crippen molar-refractivity contribution in [3.63, 3.8) is 0 Å². The molecule has 17 heavy (non-hydrogen) atoms. The molecule has 1 N–H and O–H groups in total. The molecule has 0 aliphatic rings. The summed E-state index contributed by atoms with van der Waals surface area (Å²) >= 11 is 6.02. The third-order valence-corrected chi connectivity index (χ3v) is 4.31. The molecule has 1 aromatic carbocycles. The first-order valence-electron chi connectivity index (χ1n) is 5.76. The first-order valence-corrected chi connectivity index (χ1v) is 7.79. The summed E-state index contributed by atoms with van der Waals surface area (Å²) < 4.78 is 24.9. The van der Waals surface area contributed by atoms with Crippen molar-refractivity contribution in [2.24, 2.45) is 0 Å². The van der Waals surface area contributed by atoms with Crippen molar-refractivity contribution in [3.05, 3.63) is 34.9 Å². The van der Waals surface area contributed by atoms with Gasteiger partial charge in [-0.2, -0.15) is 0 Å². The molecule has 0 amide bonds. The smallest absolute Gasteiger partial charge is 0.211 e. The lowest BCUT2D eigenvalue weighted by Crippen LogP contribution is -2.26. The van der Waals surface area contributed by atoms with Gasteiger partial charge in [0.05, 0.1) is 5.75 Å². The van der Waals surface area contributed by atoms with Crippen LogP contribution in [0.1, 0.15) is 25.3 Å². The Kier molecular flexibility index (Phi) is 5.95. The minimum atomic E-state index is -3.05. The molecule has 5 heteroatoms. The Morgan fingerprint density at radius 3 is 2.59 bits per heavy atom. The molecule has 3 nitrogen and oxygen atoms in total. The predicted octanol–water partition coefficient (Wildman–Crippen LogP) is 2.60. The van der Waals surface area contributed by atoms with E-state index in [1.807, 2.05) is 24.3 Å². The number of halogens is 1. The second kappa shape index (κ2) is 6.99. The quantitative estimate of drug-likeness (QED) is 0.778. The second-order valence-electron chi connectivity index (χ2n) is 3.85. The summed E-state index contributed by atoms with van der Waals surface area (Å²) in [6, 6.07) is 7.73. The lowest BCUT2D eigenvalue weighted by molar-refractivity contribution is 0.578. The van der Waals surface area contributed by atoms with Gasteiger partial charge in [0.1, 0.15) is 0 Å². The molecular weight excluding hydrogens is 258 g/mol. The van der Waals surface area contributed by atoms with Crippen LogP contribution in [0.25, 0.3) is 0 Å². The van der Waals surface area contributed by atoms with Gasteiger partial charge >= 0.3 is 0 Å². The van der Waals surface area contributed by atoms with Crippen molar-refractivity contribution in [2.75, 3.05) is 12.3 Å². The van der Waals surface area contributed by atoms with Gasteiger partial charge < -0.3 is 0 Å². The van der Waals surface area contributed by atoms with Crippen molar-refractivity contribution < 1.29 is 8.42 Å². The molecule has 0 radical (unpaired) electrons. The van der Waals surface area contributed by atoms with E-state index in [0.717, 1.165) is 29.8 Å². The summed E-state index contributed by atoms with van der Waals surface area (Å²) in [6.07, 6.45) is 2.63. The van der Waals surface area contributed by atoms with E-state index in [2.05, 4.69) is 4.72 Å². The van der Waals surface area contributed by atoms with Crippen molar-refractivity contribution >= 4 is 21.6 Å². The van der Waals surface area contributed by atoms with Crippen LogP contribution in [-0.4, -0.2) is 20.7 Å². The summed E-state index contributed by atoms with van der Waals surface area (Å²) in [5, 5.41) is 0.779. The fraction of sp³-hybridized carbons (Fsp3) is 0.500. The molecule has 1 rings (SSSR count). The van der Waals surface area contributed by atoms with Crippen molar-refractivity contribution in [3.8, 4) is 0 Å². The number of benzene rings is 1. The maximum Gasteiger partial charge on any atom is 0.211 e. The summed E-state index contributed by atoms with van der Waals surface area (Å²) in [5.74, 6) is 0.136. The number of hydrogen-bond acceptors (Lipinski definition) is 2. The predicted molar refractivity (Wildman–Crippen MR) is 71.9 cm³/mol. The Labute approximate surface area is 108 Å². The Bertz CT molecular complexity index is 446. The van der Waals surface area contributed by atoms with E-state index in [1.54, 1.807) is 6.92 Å².